The highest BCUT2D eigenvalue weighted by Crippen LogP contribution is 2.27. The van der Waals surface area contributed by atoms with Gasteiger partial charge in [-0.05, 0) is 11.1 Å². The van der Waals surface area contributed by atoms with E-state index in [-0.39, 0.29) is 5.92 Å². The zero-order valence-corrected chi connectivity index (χ0v) is 8.03. The Kier molecular flexibility index (Phi) is 2.25. The van der Waals surface area contributed by atoms with Crippen LogP contribution in [0.1, 0.15) is 24.0 Å². The summed E-state index contributed by atoms with van der Waals surface area (Å²) in [5.41, 5.74) is 2.36. The van der Waals surface area contributed by atoms with E-state index >= 15 is 0 Å². The maximum Gasteiger partial charge on any atom is 0.321 e. The van der Waals surface area contributed by atoms with Crippen molar-refractivity contribution in [3.63, 3.8) is 0 Å². The molecule has 0 radical (unpaired) electrons. The van der Waals surface area contributed by atoms with Crippen LogP contribution in [0.4, 0.5) is 0 Å². The molecular formula is C11H13NO2. The molecule has 0 fully saturated rings. The SMILES string of the molecule is CC1c2ccccc2CNC1C(=O)O. The van der Waals surface area contributed by atoms with Crippen molar-refractivity contribution in [2.45, 2.75) is 25.4 Å². The van der Waals surface area contributed by atoms with E-state index in [0.717, 1.165) is 5.56 Å². The summed E-state index contributed by atoms with van der Waals surface area (Å²) in [5.74, 6) is -0.732. The molecular weight excluding hydrogens is 178 g/mol. The maximum absolute atomic E-state index is 10.9. The number of hydrogen-bond acceptors (Lipinski definition) is 2. The molecule has 0 saturated carbocycles. The molecule has 0 spiro atoms. The van der Waals surface area contributed by atoms with Crippen LogP contribution >= 0.6 is 0 Å². The van der Waals surface area contributed by atoms with E-state index in [1.165, 1.54) is 5.56 Å². The Morgan fingerprint density at radius 3 is 2.93 bits per heavy atom. The van der Waals surface area contributed by atoms with Crippen LogP contribution in [0, 0.1) is 0 Å². The number of benzene rings is 1. The molecule has 0 saturated heterocycles. The molecule has 0 amide bonds. The summed E-state index contributed by atoms with van der Waals surface area (Å²) in [7, 11) is 0. The lowest BCUT2D eigenvalue weighted by molar-refractivity contribution is -0.140. The largest absolute Gasteiger partial charge is 0.480 e. The quantitative estimate of drug-likeness (QED) is 0.704. The molecule has 14 heavy (non-hydrogen) atoms. The summed E-state index contributed by atoms with van der Waals surface area (Å²) < 4.78 is 0. The first-order chi connectivity index (χ1) is 6.70. The second-order valence-electron chi connectivity index (χ2n) is 3.68. The molecule has 2 atom stereocenters. The lowest BCUT2D eigenvalue weighted by Crippen LogP contribution is -2.43. The molecule has 2 rings (SSSR count). The number of nitrogens with one attached hydrogen (secondary N) is 1. The van der Waals surface area contributed by atoms with E-state index in [2.05, 4.69) is 5.32 Å². The topological polar surface area (TPSA) is 49.3 Å². The Morgan fingerprint density at radius 1 is 1.50 bits per heavy atom. The van der Waals surface area contributed by atoms with Crippen LogP contribution in [0.5, 0.6) is 0 Å². The van der Waals surface area contributed by atoms with Gasteiger partial charge in [-0.15, -0.1) is 0 Å². The Morgan fingerprint density at radius 2 is 2.21 bits per heavy atom. The lowest BCUT2D eigenvalue weighted by Gasteiger charge is -2.29. The van der Waals surface area contributed by atoms with E-state index in [1.54, 1.807) is 0 Å². The highest BCUT2D eigenvalue weighted by atomic mass is 16.4. The monoisotopic (exact) mass is 191 g/mol. The first kappa shape index (κ1) is 9.21. The molecule has 1 aliphatic heterocycles. The first-order valence-electron chi connectivity index (χ1n) is 4.74. The fourth-order valence-electron chi connectivity index (χ4n) is 2.02. The van der Waals surface area contributed by atoms with Gasteiger partial charge in [-0.1, -0.05) is 31.2 Å². The Bertz CT molecular complexity index is 362. The number of carbonyl (C=O) groups is 1. The smallest absolute Gasteiger partial charge is 0.321 e. The molecule has 0 aliphatic carbocycles. The van der Waals surface area contributed by atoms with Crippen molar-refractivity contribution in [3.05, 3.63) is 35.4 Å². The molecule has 3 heteroatoms. The van der Waals surface area contributed by atoms with E-state index in [1.807, 2.05) is 31.2 Å². The molecule has 0 aromatic heterocycles. The Labute approximate surface area is 82.8 Å². The van der Waals surface area contributed by atoms with Crippen LogP contribution in [0.15, 0.2) is 24.3 Å². The third-order valence-electron chi connectivity index (χ3n) is 2.82. The van der Waals surface area contributed by atoms with Crippen molar-refractivity contribution in [1.29, 1.82) is 0 Å². The summed E-state index contributed by atoms with van der Waals surface area (Å²) in [6.45, 7) is 2.60. The van der Waals surface area contributed by atoms with Gasteiger partial charge >= 0.3 is 5.97 Å². The predicted molar refractivity (Wildman–Crippen MR) is 53.1 cm³/mol. The summed E-state index contributed by atoms with van der Waals surface area (Å²) in [6.07, 6.45) is 0. The van der Waals surface area contributed by atoms with E-state index < -0.39 is 12.0 Å². The van der Waals surface area contributed by atoms with Crippen molar-refractivity contribution in [2.75, 3.05) is 0 Å². The Balaban J connectivity index is 2.36. The zero-order valence-electron chi connectivity index (χ0n) is 8.03. The average Bonchev–Trinajstić information content (AvgIpc) is 2.18. The minimum absolute atomic E-state index is 0.0393. The van der Waals surface area contributed by atoms with Gasteiger partial charge in [0.15, 0.2) is 0 Å². The molecule has 1 heterocycles. The van der Waals surface area contributed by atoms with E-state index in [4.69, 9.17) is 5.11 Å². The first-order valence-corrected chi connectivity index (χ1v) is 4.74. The normalized spacial score (nSPS) is 25.5. The fourth-order valence-corrected chi connectivity index (χ4v) is 2.02. The molecule has 1 aromatic carbocycles. The fraction of sp³-hybridized carbons (Fsp3) is 0.364. The number of aliphatic carboxylic acids is 1. The highest BCUT2D eigenvalue weighted by molar-refractivity contribution is 5.75. The van der Waals surface area contributed by atoms with Gasteiger partial charge < -0.3 is 5.11 Å². The van der Waals surface area contributed by atoms with Gasteiger partial charge in [0.25, 0.3) is 0 Å². The Hall–Kier alpha value is -1.35. The minimum atomic E-state index is -0.771. The maximum atomic E-state index is 10.9. The second kappa shape index (κ2) is 3.42. The average molecular weight is 191 g/mol. The number of hydrogen-bond donors (Lipinski definition) is 2. The number of fused-ring (bicyclic) bond motifs is 1. The summed E-state index contributed by atoms with van der Waals surface area (Å²) in [5, 5.41) is 12.0. The predicted octanol–water partition coefficient (Wildman–Crippen LogP) is 1.35. The van der Waals surface area contributed by atoms with Gasteiger partial charge in [0.05, 0.1) is 0 Å². The van der Waals surface area contributed by atoms with Gasteiger partial charge in [0.2, 0.25) is 0 Å². The van der Waals surface area contributed by atoms with Gasteiger partial charge in [-0.25, -0.2) is 0 Å². The number of rotatable bonds is 1. The molecule has 2 N–H and O–H groups in total. The van der Waals surface area contributed by atoms with Crippen LogP contribution in [-0.4, -0.2) is 17.1 Å². The molecule has 1 aliphatic rings. The lowest BCUT2D eigenvalue weighted by atomic mass is 9.86. The van der Waals surface area contributed by atoms with Gasteiger partial charge in [0.1, 0.15) is 6.04 Å². The van der Waals surface area contributed by atoms with E-state index in [0.29, 0.717) is 6.54 Å². The van der Waals surface area contributed by atoms with Gasteiger partial charge in [-0.3, -0.25) is 10.1 Å². The van der Waals surface area contributed by atoms with Crippen molar-refractivity contribution in [3.8, 4) is 0 Å². The molecule has 1 aromatic rings. The summed E-state index contributed by atoms with van der Waals surface area (Å²) >= 11 is 0. The van der Waals surface area contributed by atoms with Crippen molar-refractivity contribution in [2.24, 2.45) is 0 Å². The molecule has 3 nitrogen and oxygen atoms in total. The second-order valence-corrected chi connectivity index (χ2v) is 3.68. The summed E-state index contributed by atoms with van der Waals surface area (Å²) in [4.78, 5) is 10.9. The van der Waals surface area contributed by atoms with Crippen molar-refractivity contribution >= 4 is 5.97 Å². The van der Waals surface area contributed by atoms with Crippen molar-refractivity contribution < 1.29 is 9.90 Å². The zero-order chi connectivity index (χ0) is 10.1. The highest BCUT2D eigenvalue weighted by Gasteiger charge is 2.30. The molecule has 74 valence electrons. The van der Waals surface area contributed by atoms with Crippen LogP contribution in [0.3, 0.4) is 0 Å². The van der Waals surface area contributed by atoms with Gasteiger partial charge in [0, 0.05) is 12.5 Å². The van der Waals surface area contributed by atoms with Crippen LogP contribution in [0.2, 0.25) is 0 Å². The number of carboxylic acid groups (broad SMARTS) is 1. The molecule has 2 unspecified atom stereocenters. The van der Waals surface area contributed by atoms with Crippen molar-refractivity contribution in [1.82, 2.24) is 5.32 Å². The van der Waals surface area contributed by atoms with Crippen LogP contribution < -0.4 is 5.32 Å². The van der Waals surface area contributed by atoms with Crippen LogP contribution in [-0.2, 0) is 11.3 Å². The van der Waals surface area contributed by atoms with Gasteiger partial charge in [-0.2, -0.15) is 0 Å². The van der Waals surface area contributed by atoms with Crippen LogP contribution in [0.25, 0.3) is 0 Å². The van der Waals surface area contributed by atoms with E-state index in [9.17, 15) is 4.79 Å². The summed E-state index contributed by atoms with van der Waals surface area (Å²) in [6, 6.07) is 7.53. The number of carboxylic acids is 1. The third kappa shape index (κ3) is 1.40. The minimum Gasteiger partial charge on any atom is -0.480 e. The third-order valence-corrected chi connectivity index (χ3v) is 2.82. The molecule has 0 bridgehead atoms. The standard InChI is InChI=1S/C11H13NO2/c1-7-9-5-3-2-4-8(9)6-12-10(7)11(13)14/h2-5,7,10,12H,6H2,1H3,(H,13,14).